The number of rotatable bonds is 3. The molecule has 2 rings (SSSR count). The molecule has 4 heteroatoms. The van der Waals surface area contributed by atoms with Crippen molar-refractivity contribution in [3.8, 4) is 5.75 Å². The molecule has 0 spiro atoms. The Hall–Kier alpha value is -1.84. The van der Waals surface area contributed by atoms with Crippen LogP contribution in [-0.4, -0.2) is 19.0 Å². The second-order valence-corrected chi connectivity index (χ2v) is 3.71. The number of cyclic esters (lactones) is 2. The molecule has 0 radical (unpaired) electrons. The van der Waals surface area contributed by atoms with Gasteiger partial charge in [0.25, 0.3) is 0 Å². The molecule has 1 heterocycles. The first-order chi connectivity index (χ1) is 7.70. The average molecular weight is 220 g/mol. The smallest absolute Gasteiger partial charge is 0.317 e. The van der Waals surface area contributed by atoms with Crippen LogP contribution in [0.3, 0.4) is 0 Å². The standard InChI is InChI=1S/C12H12O4/c1-15-10-5-3-2-4-8(10)6-9-7-11(13)16-12(9)14/h2-5,9H,6-7H2,1H3. The maximum atomic E-state index is 11.3. The van der Waals surface area contributed by atoms with Crippen LogP contribution >= 0.6 is 0 Å². The second kappa shape index (κ2) is 4.35. The normalized spacial score (nSPS) is 19.7. The van der Waals surface area contributed by atoms with Crippen LogP contribution in [0.2, 0.25) is 0 Å². The summed E-state index contributed by atoms with van der Waals surface area (Å²) in [5.41, 5.74) is 0.918. The number of hydrogen-bond acceptors (Lipinski definition) is 4. The number of carbonyl (C=O) groups is 2. The quantitative estimate of drug-likeness (QED) is 0.569. The third-order valence-corrected chi connectivity index (χ3v) is 2.62. The lowest BCUT2D eigenvalue weighted by molar-refractivity contribution is -0.153. The van der Waals surface area contributed by atoms with E-state index in [1.54, 1.807) is 7.11 Å². The van der Waals surface area contributed by atoms with E-state index in [-0.39, 0.29) is 12.3 Å². The molecule has 0 bridgehead atoms. The highest BCUT2D eigenvalue weighted by Crippen LogP contribution is 2.26. The summed E-state index contributed by atoms with van der Waals surface area (Å²) in [6, 6.07) is 7.45. The highest BCUT2D eigenvalue weighted by molar-refractivity contribution is 5.94. The van der Waals surface area contributed by atoms with Crippen LogP contribution in [0.5, 0.6) is 5.75 Å². The van der Waals surface area contributed by atoms with Crippen molar-refractivity contribution in [1.82, 2.24) is 0 Å². The molecule has 0 aromatic heterocycles. The van der Waals surface area contributed by atoms with Crippen molar-refractivity contribution in [3.63, 3.8) is 0 Å². The van der Waals surface area contributed by atoms with Gasteiger partial charge in [0.05, 0.1) is 19.4 Å². The minimum atomic E-state index is -0.440. The molecule has 4 nitrogen and oxygen atoms in total. The molecule has 1 unspecified atom stereocenters. The average Bonchev–Trinajstić information content (AvgIpc) is 2.58. The van der Waals surface area contributed by atoms with Gasteiger partial charge in [-0.15, -0.1) is 0 Å². The summed E-state index contributed by atoms with van der Waals surface area (Å²) in [5, 5.41) is 0. The number of methoxy groups -OCH3 is 1. The summed E-state index contributed by atoms with van der Waals surface area (Å²) in [5.74, 6) is -0.515. The summed E-state index contributed by atoms with van der Waals surface area (Å²) in [6.07, 6.45) is 0.644. The van der Waals surface area contributed by atoms with Gasteiger partial charge in [-0.05, 0) is 18.1 Å². The molecule has 16 heavy (non-hydrogen) atoms. The van der Waals surface area contributed by atoms with Crippen molar-refractivity contribution >= 4 is 11.9 Å². The molecule has 1 saturated heterocycles. The van der Waals surface area contributed by atoms with E-state index >= 15 is 0 Å². The summed E-state index contributed by atoms with van der Waals surface area (Å²) < 4.78 is 9.68. The number of ether oxygens (including phenoxy) is 2. The summed E-state index contributed by atoms with van der Waals surface area (Å²) >= 11 is 0. The van der Waals surface area contributed by atoms with E-state index in [4.69, 9.17) is 4.74 Å². The van der Waals surface area contributed by atoms with Gasteiger partial charge in [0.1, 0.15) is 5.75 Å². The van der Waals surface area contributed by atoms with Crippen LogP contribution in [0.15, 0.2) is 24.3 Å². The Morgan fingerprint density at radius 3 is 2.75 bits per heavy atom. The molecule has 0 amide bonds. The van der Waals surface area contributed by atoms with E-state index in [1.165, 1.54) is 0 Å². The Labute approximate surface area is 93.2 Å². The van der Waals surface area contributed by atoms with Crippen LogP contribution < -0.4 is 4.74 Å². The maximum Gasteiger partial charge on any atom is 0.317 e. The Balaban J connectivity index is 2.14. The number of para-hydroxylation sites is 1. The van der Waals surface area contributed by atoms with Gasteiger partial charge in [-0.3, -0.25) is 9.59 Å². The Morgan fingerprint density at radius 2 is 2.12 bits per heavy atom. The third kappa shape index (κ3) is 2.05. The second-order valence-electron chi connectivity index (χ2n) is 3.71. The molecule has 1 aliphatic heterocycles. The molecular formula is C12H12O4. The minimum Gasteiger partial charge on any atom is -0.496 e. The van der Waals surface area contributed by atoms with Crippen LogP contribution in [0.25, 0.3) is 0 Å². The first kappa shape index (κ1) is 10.7. The lowest BCUT2D eigenvalue weighted by Crippen LogP contribution is -2.11. The first-order valence-corrected chi connectivity index (χ1v) is 5.07. The predicted octanol–water partition coefficient (Wildman–Crippen LogP) is 1.33. The molecule has 0 saturated carbocycles. The third-order valence-electron chi connectivity index (χ3n) is 2.62. The fourth-order valence-corrected chi connectivity index (χ4v) is 1.81. The molecular weight excluding hydrogens is 208 g/mol. The zero-order valence-corrected chi connectivity index (χ0v) is 8.93. The highest BCUT2D eigenvalue weighted by atomic mass is 16.6. The number of benzene rings is 1. The van der Waals surface area contributed by atoms with Gasteiger partial charge in [0.2, 0.25) is 0 Å². The zero-order valence-electron chi connectivity index (χ0n) is 8.93. The van der Waals surface area contributed by atoms with Gasteiger partial charge >= 0.3 is 11.9 Å². The van der Waals surface area contributed by atoms with Crippen molar-refractivity contribution in [2.45, 2.75) is 12.8 Å². The zero-order chi connectivity index (χ0) is 11.5. The van der Waals surface area contributed by atoms with Crippen molar-refractivity contribution in [3.05, 3.63) is 29.8 Å². The fourth-order valence-electron chi connectivity index (χ4n) is 1.81. The number of carbonyl (C=O) groups excluding carboxylic acids is 2. The van der Waals surface area contributed by atoms with Gasteiger partial charge in [0.15, 0.2) is 0 Å². The highest BCUT2D eigenvalue weighted by Gasteiger charge is 2.33. The molecule has 1 atom stereocenters. The van der Waals surface area contributed by atoms with Crippen LogP contribution in [0, 0.1) is 5.92 Å². The van der Waals surface area contributed by atoms with E-state index in [0.29, 0.717) is 6.42 Å². The van der Waals surface area contributed by atoms with Gasteiger partial charge in [-0.2, -0.15) is 0 Å². The van der Waals surface area contributed by atoms with Crippen molar-refractivity contribution in [2.24, 2.45) is 5.92 Å². The molecule has 0 N–H and O–H groups in total. The monoisotopic (exact) mass is 220 g/mol. The predicted molar refractivity (Wildman–Crippen MR) is 55.9 cm³/mol. The van der Waals surface area contributed by atoms with E-state index in [9.17, 15) is 9.59 Å². The molecule has 0 aliphatic carbocycles. The first-order valence-electron chi connectivity index (χ1n) is 5.07. The lowest BCUT2D eigenvalue weighted by Gasteiger charge is -2.09. The van der Waals surface area contributed by atoms with E-state index in [2.05, 4.69) is 4.74 Å². The molecule has 1 aromatic carbocycles. The Morgan fingerprint density at radius 1 is 1.38 bits per heavy atom. The Bertz CT molecular complexity index is 425. The topological polar surface area (TPSA) is 52.6 Å². The van der Waals surface area contributed by atoms with E-state index in [0.717, 1.165) is 11.3 Å². The summed E-state index contributed by atoms with van der Waals surface area (Å²) in [7, 11) is 1.58. The van der Waals surface area contributed by atoms with E-state index in [1.807, 2.05) is 24.3 Å². The van der Waals surface area contributed by atoms with Crippen molar-refractivity contribution < 1.29 is 19.1 Å². The van der Waals surface area contributed by atoms with Crippen LogP contribution in [0.4, 0.5) is 0 Å². The van der Waals surface area contributed by atoms with Crippen LogP contribution in [-0.2, 0) is 20.7 Å². The largest absolute Gasteiger partial charge is 0.496 e. The summed E-state index contributed by atoms with van der Waals surface area (Å²) in [4.78, 5) is 22.2. The van der Waals surface area contributed by atoms with Gasteiger partial charge in [0, 0.05) is 0 Å². The lowest BCUT2D eigenvalue weighted by atomic mass is 9.97. The van der Waals surface area contributed by atoms with Crippen LogP contribution in [0.1, 0.15) is 12.0 Å². The van der Waals surface area contributed by atoms with Crippen molar-refractivity contribution in [2.75, 3.05) is 7.11 Å². The molecule has 84 valence electrons. The molecule has 1 aromatic rings. The van der Waals surface area contributed by atoms with Gasteiger partial charge in [-0.1, -0.05) is 18.2 Å². The van der Waals surface area contributed by atoms with Gasteiger partial charge < -0.3 is 9.47 Å². The fraction of sp³-hybridized carbons (Fsp3) is 0.333. The SMILES string of the molecule is COc1ccccc1CC1CC(=O)OC1=O. The Kier molecular flexibility index (Phi) is 2.90. The number of esters is 2. The van der Waals surface area contributed by atoms with E-state index < -0.39 is 11.9 Å². The minimum absolute atomic E-state index is 0.164. The maximum absolute atomic E-state index is 11.3. The molecule has 1 fully saturated rings. The van der Waals surface area contributed by atoms with Gasteiger partial charge in [-0.25, -0.2) is 0 Å². The van der Waals surface area contributed by atoms with Crippen molar-refractivity contribution in [1.29, 1.82) is 0 Å². The molecule has 1 aliphatic rings. The summed E-state index contributed by atoms with van der Waals surface area (Å²) in [6.45, 7) is 0. The number of hydrogen-bond donors (Lipinski definition) is 0.